The Morgan fingerprint density at radius 2 is 1.83 bits per heavy atom. The molecule has 0 aromatic heterocycles. The van der Waals surface area contributed by atoms with E-state index in [1.807, 2.05) is 30.3 Å². The first-order valence-electron chi connectivity index (χ1n) is 6.83. The van der Waals surface area contributed by atoms with Crippen molar-refractivity contribution in [1.29, 1.82) is 0 Å². The molecule has 0 atom stereocenters. The summed E-state index contributed by atoms with van der Waals surface area (Å²) < 4.78 is 0. The zero-order valence-electron chi connectivity index (χ0n) is 12.3. The molecule has 0 aliphatic rings. The first-order chi connectivity index (χ1) is 11.5. The number of carboxylic acids is 1. The lowest BCUT2D eigenvalue weighted by Crippen LogP contribution is -2.33. The molecule has 5 nitrogen and oxygen atoms in total. The molecule has 2 aromatic carbocycles. The maximum Gasteiger partial charge on any atom is 0.337 e. The fourth-order valence-electron chi connectivity index (χ4n) is 1.85. The second kappa shape index (κ2) is 8.24. The van der Waals surface area contributed by atoms with Gasteiger partial charge in [0.15, 0.2) is 5.11 Å². The number of nitrogens with one attached hydrogen (secondary N) is 2. The Hall–Kier alpha value is -2.70. The summed E-state index contributed by atoms with van der Waals surface area (Å²) in [5, 5.41) is 14.6. The molecule has 0 aliphatic heterocycles. The van der Waals surface area contributed by atoms with Crippen LogP contribution in [0.4, 0.5) is 5.69 Å². The number of amides is 1. The lowest BCUT2D eigenvalue weighted by molar-refractivity contribution is -0.115. The van der Waals surface area contributed by atoms with E-state index in [1.54, 1.807) is 6.08 Å². The van der Waals surface area contributed by atoms with Crippen LogP contribution in [0.1, 0.15) is 15.9 Å². The van der Waals surface area contributed by atoms with Crippen molar-refractivity contribution in [3.63, 3.8) is 0 Å². The Morgan fingerprint density at radius 1 is 1.12 bits per heavy atom. The molecule has 0 saturated heterocycles. The number of carbonyl (C=O) groups excluding carboxylic acids is 1. The number of carboxylic acid groups (broad SMARTS) is 1. The van der Waals surface area contributed by atoms with Crippen molar-refractivity contribution in [2.75, 3.05) is 5.32 Å². The Morgan fingerprint density at radius 3 is 2.50 bits per heavy atom. The smallest absolute Gasteiger partial charge is 0.337 e. The third-order valence-corrected chi connectivity index (χ3v) is 3.36. The number of rotatable bonds is 4. The highest BCUT2D eigenvalue weighted by molar-refractivity contribution is 7.80. The lowest BCUT2D eigenvalue weighted by atomic mass is 10.2. The fourth-order valence-corrected chi connectivity index (χ4v) is 2.23. The number of hydrogen-bond donors (Lipinski definition) is 3. The molecule has 1 amide bonds. The largest absolute Gasteiger partial charge is 0.478 e. The summed E-state index contributed by atoms with van der Waals surface area (Å²) >= 11 is 10.8. The minimum absolute atomic E-state index is 0.0115. The molecular formula is C17H13ClN2O3S. The standard InChI is InChI=1S/C17H13ClN2O3S/c18-12-7-8-14(13(10-12)16(22)23)19-17(24)20-15(21)9-6-11-4-2-1-3-5-11/h1-10H,(H,22,23)(H2,19,20,21,24). The Labute approximate surface area is 149 Å². The van der Waals surface area contributed by atoms with E-state index in [9.17, 15) is 9.59 Å². The Bertz CT molecular complexity index is 807. The molecule has 0 radical (unpaired) electrons. The Kier molecular flexibility index (Phi) is 6.06. The molecule has 0 saturated carbocycles. The number of thiocarbonyl (C=S) groups is 1. The minimum atomic E-state index is -1.15. The van der Waals surface area contributed by atoms with Gasteiger partial charge >= 0.3 is 5.97 Å². The summed E-state index contributed by atoms with van der Waals surface area (Å²) in [5.74, 6) is -1.58. The van der Waals surface area contributed by atoms with Gasteiger partial charge < -0.3 is 10.4 Å². The first kappa shape index (κ1) is 17.7. The Balaban J connectivity index is 2.00. The molecule has 0 aliphatic carbocycles. The van der Waals surface area contributed by atoms with Crippen LogP contribution in [-0.2, 0) is 4.79 Å². The molecule has 7 heteroatoms. The van der Waals surface area contributed by atoms with Crippen molar-refractivity contribution in [1.82, 2.24) is 5.32 Å². The number of benzene rings is 2. The van der Waals surface area contributed by atoms with Gasteiger partial charge in [-0.3, -0.25) is 10.1 Å². The van der Waals surface area contributed by atoms with E-state index in [2.05, 4.69) is 10.6 Å². The molecule has 3 N–H and O–H groups in total. The highest BCUT2D eigenvalue weighted by Crippen LogP contribution is 2.20. The molecule has 24 heavy (non-hydrogen) atoms. The summed E-state index contributed by atoms with van der Waals surface area (Å²) in [6.07, 6.45) is 2.98. The van der Waals surface area contributed by atoms with Crippen molar-refractivity contribution in [3.8, 4) is 0 Å². The molecule has 0 fully saturated rings. The van der Waals surface area contributed by atoms with Gasteiger partial charge in [0.25, 0.3) is 0 Å². The van der Waals surface area contributed by atoms with E-state index in [1.165, 1.54) is 24.3 Å². The molecule has 0 heterocycles. The van der Waals surface area contributed by atoms with Gasteiger partial charge in [0.05, 0.1) is 11.3 Å². The monoisotopic (exact) mass is 360 g/mol. The van der Waals surface area contributed by atoms with Gasteiger partial charge in [-0.05, 0) is 42.1 Å². The van der Waals surface area contributed by atoms with Crippen molar-refractivity contribution >= 4 is 52.6 Å². The van der Waals surface area contributed by atoms with E-state index in [-0.39, 0.29) is 16.4 Å². The van der Waals surface area contributed by atoms with E-state index in [4.69, 9.17) is 28.9 Å². The fraction of sp³-hybridized carbons (Fsp3) is 0. The summed E-state index contributed by atoms with van der Waals surface area (Å²) in [7, 11) is 0. The lowest BCUT2D eigenvalue weighted by Gasteiger charge is -2.11. The number of carbonyl (C=O) groups is 2. The molecule has 0 unspecified atom stereocenters. The number of anilines is 1. The second-order valence-electron chi connectivity index (χ2n) is 4.68. The molecule has 2 aromatic rings. The van der Waals surface area contributed by atoms with Gasteiger partial charge in [0.1, 0.15) is 0 Å². The highest BCUT2D eigenvalue weighted by atomic mass is 35.5. The van der Waals surface area contributed by atoms with Gasteiger partial charge in [0.2, 0.25) is 5.91 Å². The van der Waals surface area contributed by atoms with E-state index in [0.29, 0.717) is 5.02 Å². The quantitative estimate of drug-likeness (QED) is 0.574. The zero-order chi connectivity index (χ0) is 17.5. The summed E-state index contributed by atoms with van der Waals surface area (Å²) in [6, 6.07) is 13.6. The summed E-state index contributed by atoms with van der Waals surface area (Å²) in [5.41, 5.74) is 1.07. The van der Waals surface area contributed by atoms with Crippen LogP contribution >= 0.6 is 23.8 Å². The molecular weight excluding hydrogens is 348 g/mol. The second-order valence-corrected chi connectivity index (χ2v) is 5.53. The average molecular weight is 361 g/mol. The predicted octanol–water partition coefficient (Wildman–Crippen LogP) is 3.56. The highest BCUT2D eigenvalue weighted by Gasteiger charge is 2.12. The van der Waals surface area contributed by atoms with Gasteiger partial charge in [-0.2, -0.15) is 0 Å². The van der Waals surface area contributed by atoms with Crippen LogP contribution < -0.4 is 10.6 Å². The van der Waals surface area contributed by atoms with Crippen LogP contribution in [0.3, 0.4) is 0 Å². The van der Waals surface area contributed by atoms with Gasteiger partial charge in [-0.25, -0.2) is 4.79 Å². The maximum absolute atomic E-state index is 11.8. The zero-order valence-corrected chi connectivity index (χ0v) is 13.9. The third-order valence-electron chi connectivity index (χ3n) is 2.92. The van der Waals surface area contributed by atoms with Crippen molar-refractivity contribution in [2.45, 2.75) is 0 Å². The predicted molar refractivity (Wildman–Crippen MR) is 98.3 cm³/mol. The summed E-state index contributed by atoms with van der Waals surface area (Å²) in [4.78, 5) is 23.0. The van der Waals surface area contributed by atoms with Crippen LogP contribution in [0.15, 0.2) is 54.6 Å². The average Bonchev–Trinajstić information content (AvgIpc) is 2.55. The molecule has 122 valence electrons. The topological polar surface area (TPSA) is 78.4 Å². The third kappa shape index (κ3) is 5.19. The van der Waals surface area contributed by atoms with Crippen LogP contribution in [0.5, 0.6) is 0 Å². The number of halogens is 1. The van der Waals surface area contributed by atoms with E-state index in [0.717, 1.165) is 5.56 Å². The van der Waals surface area contributed by atoms with Crippen LogP contribution in [0, 0.1) is 0 Å². The molecule has 0 bridgehead atoms. The first-order valence-corrected chi connectivity index (χ1v) is 7.62. The molecule has 0 spiro atoms. The van der Waals surface area contributed by atoms with E-state index < -0.39 is 11.9 Å². The van der Waals surface area contributed by atoms with Crippen LogP contribution in [-0.4, -0.2) is 22.1 Å². The van der Waals surface area contributed by atoms with E-state index >= 15 is 0 Å². The number of hydrogen-bond acceptors (Lipinski definition) is 3. The molecule has 2 rings (SSSR count). The summed E-state index contributed by atoms with van der Waals surface area (Å²) in [6.45, 7) is 0. The van der Waals surface area contributed by atoms with Crippen molar-refractivity contribution in [3.05, 3.63) is 70.8 Å². The number of aromatic carboxylic acids is 1. The normalized spacial score (nSPS) is 10.4. The van der Waals surface area contributed by atoms with Gasteiger partial charge in [-0.1, -0.05) is 41.9 Å². The van der Waals surface area contributed by atoms with Gasteiger partial charge in [0, 0.05) is 11.1 Å². The SMILES string of the molecule is O=C(C=Cc1ccccc1)NC(=S)Nc1ccc(Cl)cc1C(=O)O. The van der Waals surface area contributed by atoms with Crippen molar-refractivity contribution < 1.29 is 14.7 Å². The van der Waals surface area contributed by atoms with Crippen molar-refractivity contribution in [2.24, 2.45) is 0 Å². The van der Waals surface area contributed by atoms with Gasteiger partial charge in [-0.15, -0.1) is 0 Å². The van der Waals surface area contributed by atoms with Crippen LogP contribution in [0.25, 0.3) is 6.08 Å². The maximum atomic E-state index is 11.8. The minimum Gasteiger partial charge on any atom is -0.478 e. The van der Waals surface area contributed by atoms with Crippen LogP contribution in [0.2, 0.25) is 5.02 Å².